The first kappa shape index (κ1) is 14.9. The van der Waals surface area contributed by atoms with Crippen LogP contribution in [0.1, 0.15) is 46.5 Å². The van der Waals surface area contributed by atoms with Gasteiger partial charge in [0.1, 0.15) is 0 Å². The van der Waals surface area contributed by atoms with Gasteiger partial charge >= 0.3 is 0 Å². The van der Waals surface area contributed by atoms with E-state index in [1.165, 1.54) is 45.3 Å². The molecule has 0 radical (unpaired) electrons. The van der Waals surface area contributed by atoms with E-state index in [0.717, 1.165) is 6.54 Å². The van der Waals surface area contributed by atoms with Crippen molar-refractivity contribution in [3.63, 3.8) is 0 Å². The first-order valence-electron chi connectivity index (χ1n) is 7.25. The van der Waals surface area contributed by atoms with Crippen LogP contribution in [0.3, 0.4) is 0 Å². The molecule has 0 spiro atoms. The van der Waals surface area contributed by atoms with Gasteiger partial charge in [0.25, 0.3) is 0 Å². The zero-order valence-corrected chi connectivity index (χ0v) is 12.2. The zero-order valence-electron chi connectivity index (χ0n) is 12.2. The second-order valence-electron chi connectivity index (χ2n) is 5.70. The molecule has 1 unspecified atom stereocenters. The fraction of sp³-hybridized carbons (Fsp3) is 1.00. The van der Waals surface area contributed by atoms with Gasteiger partial charge in [0, 0.05) is 37.8 Å². The van der Waals surface area contributed by atoms with Crippen molar-refractivity contribution in [2.45, 2.75) is 58.0 Å². The van der Waals surface area contributed by atoms with Crippen molar-refractivity contribution in [2.24, 2.45) is 5.73 Å². The highest BCUT2D eigenvalue weighted by Crippen LogP contribution is 2.28. The third kappa shape index (κ3) is 3.43. The van der Waals surface area contributed by atoms with Gasteiger partial charge in [0.2, 0.25) is 0 Å². The summed E-state index contributed by atoms with van der Waals surface area (Å²) < 4.78 is 0. The van der Waals surface area contributed by atoms with Crippen molar-refractivity contribution in [2.75, 3.05) is 33.2 Å². The largest absolute Gasteiger partial charge is 0.329 e. The molecular weight excluding hydrogens is 210 g/mol. The molecule has 2 N–H and O–H groups in total. The van der Waals surface area contributed by atoms with E-state index in [-0.39, 0.29) is 5.54 Å². The van der Waals surface area contributed by atoms with Crippen LogP contribution >= 0.6 is 0 Å². The molecular formula is C14H31N3. The van der Waals surface area contributed by atoms with Crippen LogP contribution in [0.2, 0.25) is 0 Å². The molecule has 0 amide bonds. The minimum atomic E-state index is 0.263. The molecule has 102 valence electrons. The monoisotopic (exact) mass is 241 g/mol. The van der Waals surface area contributed by atoms with E-state index in [1.807, 2.05) is 0 Å². The number of hydrogen-bond donors (Lipinski definition) is 1. The number of nitrogens with two attached hydrogens (primary N) is 1. The van der Waals surface area contributed by atoms with Gasteiger partial charge in [0.15, 0.2) is 0 Å². The maximum atomic E-state index is 6.14. The van der Waals surface area contributed by atoms with Crippen LogP contribution in [0.25, 0.3) is 0 Å². The average Bonchev–Trinajstić information content (AvgIpc) is 2.32. The van der Waals surface area contributed by atoms with Crippen LogP contribution in [-0.2, 0) is 0 Å². The third-order valence-corrected chi connectivity index (χ3v) is 4.44. The second kappa shape index (κ2) is 6.72. The van der Waals surface area contributed by atoms with E-state index in [9.17, 15) is 0 Å². The van der Waals surface area contributed by atoms with Crippen LogP contribution in [-0.4, -0.2) is 54.6 Å². The zero-order chi connectivity index (χ0) is 12.9. The maximum absolute atomic E-state index is 6.14. The fourth-order valence-corrected chi connectivity index (χ4v) is 3.18. The molecule has 1 heterocycles. The van der Waals surface area contributed by atoms with E-state index in [1.54, 1.807) is 0 Å². The molecule has 3 heteroatoms. The molecule has 1 aliphatic rings. The fourth-order valence-electron chi connectivity index (χ4n) is 3.18. The van der Waals surface area contributed by atoms with Gasteiger partial charge in [-0.05, 0) is 26.8 Å². The first-order chi connectivity index (χ1) is 8.09. The van der Waals surface area contributed by atoms with Gasteiger partial charge in [0.05, 0.1) is 0 Å². The highest BCUT2D eigenvalue weighted by molar-refractivity contribution is 4.94. The second-order valence-corrected chi connectivity index (χ2v) is 5.70. The summed E-state index contributed by atoms with van der Waals surface area (Å²) in [5, 5.41) is 0. The number of nitrogens with zero attached hydrogens (tertiary/aromatic N) is 2. The SMILES string of the molecule is CCCC(CN)(CCC)N1CCN(C)C(C)C1. The van der Waals surface area contributed by atoms with E-state index >= 15 is 0 Å². The molecule has 1 saturated heterocycles. The smallest absolute Gasteiger partial charge is 0.0332 e. The number of likely N-dealkylation sites (N-methyl/N-ethyl adjacent to an activating group) is 1. The van der Waals surface area contributed by atoms with Gasteiger partial charge in [-0.2, -0.15) is 0 Å². The Kier molecular flexibility index (Phi) is 5.90. The molecule has 17 heavy (non-hydrogen) atoms. The lowest BCUT2D eigenvalue weighted by Crippen LogP contribution is -2.61. The number of rotatable bonds is 6. The van der Waals surface area contributed by atoms with Crippen LogP contribution in [0.15, 0.2) is 0 Å². The lowest BCUT2D eigenvalue weighted by atomic mass is 9.85. The summed E-state index contributed by atoms with van der Waals surface area (Å²) in [4.78, 5) is 5.13. The molecule has 0 aromatic rings. The van der Waals surface area contributed by atoms with E-state index < -0.39 is 0 Å². The number of piperazine rings is 1. The Morgan fingerprint density at radius 3 is 2.18 bits per heavy atom. The molecule has 0 aromatic carbocycles. The summed E-state index contributed by atoms with van der Waals surface area (Å²) in [5.41, 5.74) is 6.40. The summed E-state index contributed by atoms with van der Waals surface area (Å²) in [6.07, 6.45) is 4.96. The van der Waals surface area contributed by atoms with Gasteiger partial charge in [-0.25, -0.2) is 0 Å². The van der Waals surface area contributed by atoms with Crippen LogP contribution < -0.4 is 5.73 Å². The van der Waals surface area contributed by atoms with Crippen molar-refractivity contribution < 1.29 is 0 Å². The summed E-state index contributed by atoms with van der Waals surface area (Å²) in [7, 11) is 2.23. The molecule has 0 aromatic heterocycles. The summed E-state index contributed by atoms with van der Waals surface area (Å²) in [5.74, 6) is 0. The molecule has 0 saturated carbocycles. The average molecular weight is 241 g/mol. The molecule has 1 aliphatic heterocycles. The van der Waals surface area contributed by atoms with Gasteiger partial charge in [-0.1, -0.05) is 26.7 Å². The number of hydrogen-bond acceptors (Lipinski definition) is 3. The minimum Gasteiger partial charge on any atom is -0.329 e. The van der Waals surface area contributed by atoms with E-state index in [4.69, 9.17) is 5.73 Å². The highest BCUT2D eigenvalue weighted by Gasteiger charge is 2.36. The third-order valence-electron chi connectivity index (χ3n) is 4.44. The normalized spacial score (nSPS) is 24.2. The summed E-state index contributed by atoms with van der Waals surface area (Å²) in [6.45, 7) is 11.2. The first-order valence-corrected chi connectivity index (χ1v) is 7.25. The highest BCUT2D eigenvalue weighted by atomic mass is 15.3. The quantitative estimate of drug-likeness (QED) is 0.771. The summed E-state index contributed by atoms with van der Waals surface area (Å²) >= 11 is 0. The van der Waals surface area contributed by atoms with E-state index in [2.05, 4.69) is 37.6 Å². The Bertz CT molecular complexity index is 212. The van der Waals surface area contributed by atoms with Gasteiger partial charge < -0.3 is 10.6 Å². The van der Waals surface area contributed by atoms with Crippen LogP contribution in [0.5, 0.6) is 0 Å². The Hall–Kier alpha value is -0.120. The van der Waals surface area contributed by atoms with Crippen molar-refractivity contribution in [1.82, 2.24) is 9.80 Å². The van der Waals surface area contributed by atoms with Crippen molar-refractivity contribution in [1.29, 1.82) is 0 Å². The Morgan fingerprint density at radius 1 is 1.18 bits per heavy atom. The molecule has 1 fully saturated rings. The molecule has 1 atom stereocenters. The van der Waals surface area contributed by atoms with Crippen molar-refractivity contribution in [3.05, 3.63) is 0 Å². The lowest BCUT2D eigenvalue weighted by molar-refractivity contribution is 0.00752. The summed E-state index contributed by atoms with van der Waals surface area (Å²) in [6, 6.07) is 0.656. The standard InChI is InChI=1S/C14H31N3/c1-5-7-14(12-15,8-6-2)17-10-9-16(4)13(3)11-17/h13H,5-12,15H2,1-4H3. The molecule has 0 bridgehead atoms. The lowest BCUT2D eigenvalue weighted by Gasteiger charge is -2.49. The molecule has 0 aliphatic carbocycles. The van der Waals surface area contributed by atoms with E-state index in [0.29, 0.717) is 6.04 Å². The van der Waals surface area contributed by atoms with Gasteiger partial charge in [-0.15, -0.1) is 0 Å². The maximum Gasteiger partial charge on any atom is 0.0332 e. The minimum absolute atomic E-state index is 0.263. The Labute approximate surface area is 107 Å². The predicted molar refractivity (Wildman–Crippen MR) is 75.3 cm³/mol. The van der Waals surface area contributed by atoms with Crippen molar-refractivity contribution >= 4 is 0 Å². The van der Waals surface area contributed by atoms with Gasteiger partial charge in [-0.3, -0.25) is 4.90 Å². The Balaban J connectivity index is 2.75. The predicted octanol–water partition coefficient (Wildman–Crippen LogP) is 1.92. The Morgan fingerprint density at radius 2 is 1.76 bits per heavy atom. The van der Waals surface area contributed by atoms with Crippen LogP contribution in [0, 0.1) is 0 Å². The van der Waals surface area contributed by atoms with Crippen molar-refractivity contribution in [3.8, 4) is 0 Å². The topological polar surface area (TPSA) is 32.5 Å². The molecule has 3 nitrogen and oxygen atoms in total. The van der Waals surface area contributed by atoms with Crippen LogP contribution in [0.4, 0.5) is 0 Å². The molecule has 1 rings (SSSR count).